The van der Waals surface area contributed by atoms with Crippen LogP contribution in [0.5, 0.6) is 5.88 Å². The molecule has 0 aliphatic carbocycles. The van der Waals surface area contributed by atoms with Crippen molar-refractivity contribution in [2.45, 2.75) is 25.3 Å². The molecule has 1 fully saturated rings. The third-order valence-electron chi connectivity index (χ3n) is 3.41. The van der Waals surface area contributed by atoms with E-state index in [1.165, 1.54) is 25.8 Å². The Morgan fingerprint density at radius 1 is 1.53 bits per heavy atom. The minimum absolute atomic E-state index is 0.642. The van der Waals surface area contributed by atoms with Crippen LogP contribution < -0.4 is 10.1 Å². The third-order valence-corrected chi connectivity index (χ3v) is 3.41. The Bertz CT molecular complexity index is 356. The van der Waals surface area contributed by atoms with Crippen LogP contribution in [0.25, 0.3) is 0 Å². The molecule has 4 nitrogen and oxygen atoms in total. The Morgan fingerprint density at radius 2 is 2.41 bits per heavy atom. The maximum atomic E-state index is 5.11. The van der Waals surface area contributed by atoms with Gasteiger partial charge in [0, 0.05) is 30.5 Å². The Labute approximate surface area is 103 Å². The Morgan fingerprint density at radius 3 is 3.18 bits per heavy atom. The Balaban J connectivity index is 1.88. The second-order valence-electron chi connectivity index (χ2n) is 4.60. The molecule has 0 aromatic carbocycles. The van der Waals surface area contributed by atoms with E-state index >= 15 is 0 Å². The van der Waals surface area contributed by atoms with Gasteiger partial charge in [0.1, 0.15) is 0 Å². The van der Waals surface area contributed by atoms with Crippen molar-refractivity contribution in [3.8, 4) is 5.88 Å². The number of aromatic nitrogens is 1. The number of methoxy groups -OCH3 is 1. The quantitative estimate of drug-likeness (QED) is 0.866. The van der Waals surface area contributed by atoms with Crippen LogP contribution in [0.2, 0.25) is 0 Å². The average Bonchev–Trinajstić information content (AvgIpc) is 2.38. The largest absolute Gasteiger partial charge is 0.481 e. The minimum Gasteiger partial charge on any atom is -0.481 e. The van der Waals surface area contributed by atoms with E-state index in [1.54, 1.807) is 13.3 Å². The molecule has 4 heteroatoms. The highest BCUT2D eigenvalue weighted by Gasteiger charge is 2.18. The zero-order valence-corrected chi connectivity index (χ0v) is 10.6. The molecule has 2 rings (SSSR count). The lowest BCUT2D eigenvalue weighted by Crippen LogP contribution is -2.40. The molecule has 1 aliphatic rings. The maximum Gasteiger partial charge on any atom is 0.214 e. The molecular weight excluding hydrogens is 214 g/mol. The number of ether oxygens (including phenoxy) is 1. The molecule has 1 atom stereocenters. The van der Waals surface area contributed by atoms with Gasteiger partial charge >= 0.3 is 0 Å². The number of nitrogens with zero attached hydrogens (tertiary/aromatic N) is 2. The fraction of sp³-hybridized carbons (Fsp3) is 0.615. The van der Waals surface area contributed by atoms with Crippen molar-refractivity contribution in [3.63, 3.8) is 0 Å². The SMILES string of the molecule is COc1cc(NCC2CCCCN2C)ccn1. The summed E-state index contributed by atoms with van der Waals surface area (Å²) in [6.45, 7) is 2.20. The van der Waals surface area contributed by atoms with Crippen molar-refractivity contribution >= 4 is 5.69 Å². The van der Waals surface area contributed by atoms with Crippen LogP contribution in [-0.4, -0.2) is 43.2 Å². The normalized spacial score (nSPS) is 21.2. The topological polar surface area (TPSA) is 37.4 Å². The lowest BCUT2D eigenvalue weighted by Gasteiger charge is -2.32. The first-order chi connectivity index (χ1) is 8.29. The lowest BCUT2D eigenvalue weighted by molar-refractivity contribution is 0.194. The highest BCUT2D eigenvalue weighted by molar-refractivity contribution is 5.45. The maximum absolute atomic E-state index is 5.11. The lowest BCUT2D eigenvalue weighted by atomic mass is 10.0. The fourth-order valence-corrected chi connectivity index (χ4v) is 2.27. The van der Waals surface area contributed by atoms with E-state index in [1.807, 2.05) is 12.1 Å². The van der Waals surface area contributed by atoms with Crippen molar-refractivity contribution in [1.29, 1.82) is 0 Å². The molecule has 0 bridgehead atoms. The second kappa shape index (κ2) is 5.87. The van der Waals surface area contributed by atoms with Crippen LogP contribution in [0.1, 0.15) is 19.3 Å². The summed E-state index contributed by atoms with van der Waals surface area (Å²) in [6, 6.07) is 4.55. The average molecular weight is 235 g/mol. The molecule has 1 unspecified atom stereocenters. The predicted molar refractivity (Wildman–Crippen MR) is 69.5 cm³/mol. The van der Waals surface area contributed by atoms with Crippen LogP contribution in [0.3, 0.4) is 0 Å². The van der Waals surface area contributed by atoms with Crippen LogP contribution in [0, 0.1) is 0 Å². The van der Waals surface area contributed by atoms with Crippen molar-refractivity contribution in [2.24, 2.45) is 0 Å². The van der Waals surface area contributed by atoms with E-state index in [4.69, 9.17) is 4.74 Å². The number of piperidine rings is 1. The van der Waals surface area contributed by atoms with Crippen LogP contribution in [0.15, 0.2) is 18.3 Å². The van der Waals surface area contributed by atoms with Gasteiger partial charge in [-0.15, -0.1) is 0 Å². The smallest absolute Gasteiger partial charge is 0.214 e. The fourth-order valence-electron chi connectivity index (χ4n) is 2.27. The highest BCUT2D eigenvalue weighted by atomic mass is 16.5. The molecule has 0 radical (unpaired) electrons. The molecule has 1 aromatic rings. The summed E-state index contributed by atoms with van der Waals surface area (Å²) in [5.41, 5.74) is 1.08. The number of nitrogens with one attached hydrogen (secondary N) is 1. The summed E-state index contributed by atoms with van der Waals surface area (Å²) < 4.78 is 5.11. The van der Waals surface area contributed by atoms with Gasteiger partial charge in [0.15, 0.2) is 0 Å². The number of rotatable bonds is 4. The van der Waals surface area contributed by atoms with Gasteiger partial charge in [0.05, 0.1) is 7.11 Å². The van der Waals surface area contributed by atoms with E-state index in [-0.39, 0.29) is 0 Å². The number of pyridine rings is 1. The monoisotopic (exact) mass is 235 g/mol. The number of likely N-dealkylation sites (N-methyl/N-ethyl adjacent to an activating group) is 1. The molecule has 0 saturated carbocycles. The predicted octanol–water partition coefficient (Wildman–Crippen LogP) is 1.99. The summed E-state index contributed by atoms with van der Waals surface area (Å²) in [5, 5.41) is 3.46. The standard InChI is InChI=1S/C13H21N3O/c1-16-8-4-3-5-12(16)10-15-11-6-7-14-13(9-11)17-2/h6-7,9,12H,3-5,8,10H2,1-2H3,(H,14,15). The summed E-state index contributed by atoms with van der Waals surface area (Å²) in [4.78, 5) is 6.53. The van der Waals surface area contributed by atoms with Crippen molar-refractivity contribution in [3.05, 3.63) is 18.3 Å². The molecule has 0 amide bonds. The van der Waals surface area contributed by atoms with E-state index in [9.17, 15) is 0 Å². The van der Waals surface area contributed by atoms with Crippen LogP contribution in [0.4, 0.5) is 5.69 Å². The summed E-state index contributed by atoms with van der Waals surface area (Å²) in [6.07, 6.45) is 5.73. The molecule has 1 aliphatic heterocycles. The zero-order chi connectivity index (χ0) is 12.1. The van der Waals surface area contributed by atoms with Crippen molar-refractivity contribution in [2.75, 3.05) is 32.6 Å². The molecule has 1 aromatic heterocycles. The van der Waals surface area contributed by atoms with Gasteiger partial charge in [-0.05, 0) is 32.5 Å². The summed E-state index contributed by atoms with van der Waals surface area (Å²) >= 11 is 0. The first-order valence-corrected chi connectivity index (χ1v) is 6.24. The molecule has 17 heavy (non-hydrogen) atoms. The van der Waals surface area contributed by atoms with Gasteiger partial charge in [-0.3, -0.25) is 0 Å². The van der Waals surface area contributed by atoms with Crippen LogP contribution >= 0.6 is 0 Å². The zero-order valence-electron chi connectivity index (χ0n) is 10.6. The van der Waals surface area contributed by atoms with Gasteiger partial charge in [-0.25, -0.2) is 4.98 Å². The number of hydrogen-bond donors (Lipinski definition) is 1. The number of likely N-dealkylation sites (tertiary alicyclic amines) is 1. The summed E-state index contributed by atoms with van der Waals surface area (Å²) in [7, 11) is 3.85. The Hall–Kier alpha value is -1.29. The number of hydrogen-bond acceptors (Lipinski definition) is 4. The summed E-state index contributed by atoms with van der Waals surface area (Å²) in [5.74, 6) is 0.659. The van der Waals surface area contributed by atoms with Gasteiger partial charge in [-0.1, -0.05) is 6.42 Å². The van der Waals surface area contributed by atoms with E-state index in [2.05, 4.69) is 22.2 Å². The van der Waals surface area contributed by atoms with E-state index in [0.29, 0.717) is 11.9 Å². The van der Waals surface area contributed by atoms with Crippen LogP contribution in [-0.2, 0) is 0 Å². The van der Waals surface area contributed by atoms with Gasteiger partial charge < -0.3 is 15.0 Å². The molecule has 0 spiro atoms. The van der Waals surface area contributed by atoms with Crippen molar-refractivity contribution in [1.82, 2.24) is 9.88 Å². The highest BCUT2D eigenvalue weighted by Crippen LogP contribution is 2.17. The number of anilines is 1. The minimum atomic E-state index is 0.642. The first-order valence-electron chi connectivity index (χ1n) is 6.24. The van der Waals surface area contributed by atoms with Gasteiger partial charge in [0.2, 0.25) is 5.88 Å². The molecule has 2 heterocycles. The van der Waals surface area contributed by atoms with Gasteiger partial charge in [-0.2, -0.15) is 0 Å². The molecular formula is C13H21N3O. The Kier molecular flexibility index (Phi) is 4.20. The van der Waals surface area contributed by atoms with E-state index in [0.717, 1.165) is 12.2 Å². The van der Waals surface area contributed by atoms with Gasteiger partial charge in [0.25, 0.3) is 0 Å². The molecule has 1 saturated heterocycles. The molecule has 1 N–H and O–H groups in total. The van der Waals surface area contributed by atoms with Crippen molar-refractivity contribution < 1.29 is 4.74 Å². The van der Waals surface area contributed by atoms with E-state index < -0.39 is 0 Å². The second-order valence-corrected chi connectivity index (χ2v) is 4.60. The molecule has 94 valence electrons. The third kappa shape index (κ3) is 3.33. The first kappa shape index (κ1) is 12.2.